The predicted octanol–water partition coefficient (Wildman–Crippen LogP) is 1.62. The van der Waals surface area contributed by atoms with Crippen LogP contribution in [0.3, 0.4) is 0 Å². The molecule has 4 rings (SSSR count). The van der Waals surface area contributed by atoms with Gasteiger partial charge in [0.05, 0.1) is 11.7 Å². The number of hydrogen-bond acceptors (Lipinski definition) is 5. The summed E-state index contributed by atoms with van der Waals surface area (Å²) >= 11 is 0. The lowest BCUT2D eigenvalue weighted by Crippen LogP contribution is -2.47. The number of fused-ring (bicyclic) bond motifs is 1. The maximum atomic E-state index is 4.64. The highest BCUT2D eigenvalue weighted by Gasteiger charge is 2.28. The third-order valence-electron chi connectivity index (χ3n) is 4.99. The molecular weight excluding hydrogens is 286 g/mol. The molecular formula is C18H23N5. The summed E-state index contributed by atoms with van der Waals surface area (Å²) in [6, 6.07) is 11.2. The van der Waals surface area contributed by atoms with E-state index in [1.165, 1.54) is 11.1 Å². The van der Waals surface area contributed by atoms with E-state index >= 15 is 0 Å². The third kappa shape index (κ3) is 2.82. The van der Waals surface area contributed by atoms with Crippen LogP contribution in [0.1, 0.15) is 22.9 Å². The molecule has 1 fully saturated rings. The van der Waals surface area contributed by atoms with Crippen LogP contribution >= 0.6 is 0 Å². The molecule has 1 aromatic heterocycles. The van der Waals surface area contributed by atoms with E-state index in [0.717, 1.165) is 50.7 Å². The van der Waals surface area contributed by atoms with E-state index in [4.69, 9.17) is 0 Å². The molecule has 1 unspecified atom stereocenters. The number of aromatic nitrogens is 2. The van der Waals surface area contributed by atoms with E-state index < -0.39 is 0 Å². The van der Waals surface area contributed by atoms with Crippen molar-refractivity contribution in [1.29, 1.82) is 0 Å². The summed E-state index contributed by atoms with van der Waals surface area (Å²) in [5.41, 5.74) is 3.88. The smallest absolute Gasteiger partial charge is 0.135 e. The average molecular weight is 309 g/mol. The fourth-order valence-electron chi connectivity index (χ4n) is 3.64. The zero-order chi connectivity index (χ0) is 15.6. The number of nitrogens with zero attached hydrogens (tertiary/aromatic N) is 4. The van der Waals surface area contributed by atoms with Gasteiger partial charge >= 0.3 is 0 Å². The van der Waals surface area contributed by atoms with E-state index in [0.29, 0.717) is 6.04 Å². The molecule has 5 heteroatoms. The van der Waals surface area contributed by atoms with Crippen LogP contribution in [0.25, 0.3) is 0 Å². The van der Waals surface area contributed by atoms with Gasteiger partial charge in [0.25, 0.3) is 0 Å². The van der Waals surface area contributed by atoms with Gasteiger partial charge < -0.3 is 10.2 Å². The molecule has 23 heavy (non-hydrogen) atoms. The monoisotopic (exact) mass is 309 g/mol. The second kappa shape index (κ2) is 6.26. The van der Waals surface area contributed by atoms with Crippen molar-refractivity contribution in [3.63, 3.8) is 0 Å². The van der Waals surface area contributed by atoms with E-state index in [-0.39, 0.29) is 0 Å². The molecule has 0 bridgehead atoms. The van der Waals surface area contributed by atoms with Crippen LogP contribution in [0.4, 0.5) is 5.82 Å². The van der Waals surface area contributed by atoms with Crippen LogP contribution in [0.15, 0.2) is 36.7 Å². The van der Waals surface area contributed by atoms with Crippen LogP contribution in [0, 0.1) is 0 Å². The van der Waals surface area contributed by atoms with E-state index in [2.05, 4.69) is 62.5 Å². The molecule has 2 aromatic rings. The molecule has 0 saturated carbocycles. The molecule has 120 valence electrons. The Labute approximate surface area is 137 Å². The molecule has 1 atom stereocenters. The Hall–Kier alpha value is -1.98. The molecule has 0 spiro atoms. The van der Waals surface area contributed by atoms with Gasteiger partial charge in [-0.3, -0.25) is 4.90 Å². The van der Waals surface area contributed by atoms with Crippen molar-refractivity contribution in [3.05, 3.63) is 53.5 Å². The maximum Gasteiger partial charge on any atom is 0.135 e. The largest absolute Gasteiger partial charge is 0.353 e. The van der Waals surface area contributed by atoms with Crippen LogP contribution < -0.4 is 10.2 Å². The Kier molecular flexibility index (Phi) is 3.97. The van der Waals surface area contributed by atoms with Gasteiger partial charge in [0, 0.05) is 31.7 Å². The fraction of sp³-hybridized carbons (Fsp3) is 0.444. The van der Waals surface area contributed by atoms with Gasteiger partial charge in [0.2, 0.25) is 0 Å². The average Bonchev–Trinajstić information content (AvgIpc) is 2.62. The number of benzene rings is 1. The summed E-state index contributed by atoms with van der Waals surface area (Å²) < 4.78 is 0. The Bertz CT molecular complexity index is 672. The summed E-state index contributed by atoms with van der Waals surface area (Å²) in [6.45, 7) is 4.94. The Balaban J connectivity index is 1.63. The van der Waals surface area contributed by atoms with Crippen LogP contribution in [-0.4, -0.2) is 48.1 Å². The quantitative estimate of drug-likeness (QED) is 0.913. The summed E-state index contributed by atoms with van der Waals surface area (Å²) in [5.74, 6) is 1.14. The maximum absolute atomic E-state index is 4.64. The number of anilines is 1. The highest BCUT2D eigenvalue weighted by atomic mass is 15.3. The number of rotatable bonds is 2. The second-order valence-electron chi connectivity index (χ2n) is 6.40. The van der Waals surface area contributed by atoms with Crippen molar-refractivity contribution in [2.45, 2.75) is 19.0 Å². The van der Waals surface area contributed by atoms with Crippen molar-refractivity contribution in [1.82, 2.24) is 20.2 Å². The minimum Gasteiger partial charge on any atom is -0.353 e. The molecule has 1 saturated heterocycles. The molecule has 1 aromatic carbocycles. The standard InChI is InChI=1S/C18H23N5/c1-22-9-10-23(12-17(22)14-5-3-2-4-6-14)18-15-7-8-19-11-16(15)20-13-21-18/h2-6,13,17,19H,7-12H2,1H3. The second-order valence-corrected chi connectivity index (χ2v) is 6.40. The van der Waals surface area contributed by atoms with Gasteiger partial charge in [-0.05, 0) is 25.6 Å². The van der Waals surface area contributed by atoms with Crippen LogP contribution in [0.2, 0.25) is 0 Å². The first-order chi connectivity index (χ1) is 11.3. The predicted molar refractivity (Wildman–Crippen MR) is 91.5 cm³/mol. The van der Waals surface area contributed by atoms with Crippen molar-refractivity contribution < 1.29 is 0 Å². The minimum atomic E-state index is 0.414. The van der Waals surface area contributed by atoms with Gasteiger partial charge in [0.1, 0.15) is 12.1 Å². The molecule has 0 amide bonds. The highest BCUT2D eigenvalue weighted by molar-refractivity contribution is 5.50. The fourth-order valence-corrected chi connectivity index (χ4v) is 3.64. The van der Waals surface area contributed by atoms with Gasteiger partial charge in [-0.25, -0.2) is 9.97 Å². The van der Waals surface area contributed by atoms with Gasteiger partial charge in [0.15, 0.2) is 0 Å². The number of piperazine rings is 1. The number of hydrogen-bond donors (Lipinski definition) is 1. The van der Waals surface area contributed by atoms with Crippen molar-refractivity contribution >= 4 is 5.82 Å². The van der Waals surface area contributed by atoms with Gasteiger partial charge in [-0.15, -0.1) is 0 Å². The van der Waals surface area contributed by atoms with E-state index in [1.54, 1.807) is 6.33 Å². The van der Waals surface area contributed by atoms with Crippen molar-refractivity contribution in [3.8, 4) is 0 Å². The SMILES string of the molecule is CN1CCN(c2ncnc3c2CCNC3)CC1c1ccccc1. The topological polar surface area (TPSA) is 44.3 Å². The normalized spacial score (nSPS) is 22.0. The Morgan fingerprint density at radius 1 is 1.13 bits per heavy atom. The molecule has 1 N–H and O–H groups in total. The van der Waals surface area contributed by atoms with E-state index in [9.17, 15) is 0 Å². The lowest BCUT2D eigenvalue weighted by atomic mass is 10.0. The Morgan fingerprint density at radius 3 is 2.87 bits per heavy atom. The van der Waals surface area contributed by atoms with Gasteiger partial charge in [-0.2, -0.15) is 0 Å². The summed E-state index contributed by atoms with van der Waals surface area (Å²) in [4.78, 5) is 14.0. The van der Waals surface area contributed by atoms with Crippen molar-refractivity contribution in [2.75, 3.05) is 38.1 Å². The van der Waals surface area contributed by atoms with E-state index in [1.807, 2.05) is 0 Å². The zero-order valence-corrected chi connectivity index (χ0v) is 13.6. The molecule has 2 aliphatic heterocycles. The third-order valence-corrected chi connectivity index (χ3v) is 4.99. The lowest BCUT2D eigenvalue weighted by Gasteiger charge is -2.41. The summed E-state index contributed by atoms with van der Waals surface area (Å²) in [7, 11) is 2.22. The Morgan fingerprint density at radius 2 is 2.00 bits per heavy atom. The first kappa shape index (κ1) is 14.6. The van der Waals surface area contributed by atoms with Crippen LogP contribution in [0.5, 0.6) is 0 Å². The zero-order valence-electron chi connectivity index (χ0n) is 13.6. The lowest BCUT2D eigenvalue weighted by molar-refractivity contribution is 0.220. The molecule has 3 heterocycles. The molecule has 5 nitrogen and oxygen atoms in total. The number of nitrogens with one attached hydrogen (secondary N) is 1. The van der Waals surface area contributed by atoms with Crippen LogP contribution in [-0.2, 0) is 13.0 Å². The highest BCUT2D eigenvalue weighted by Crippen LogP contribution is 2.29. The first-order valence-electron chi connectivity index (χ1n) is 8.36. The minimum absolute atomic E-state index is 0.414. The molecule has 2 aliphatic rings. The summed E-state index contributed by atoms with van der Waals surface area (Å²) in [6.07, 6.45) is 2.74. The van der Waals surface area contributed by atoms with Crippen molar-refractivity contribution in [2.24, 2.45) is 0 Å². The van der Waals surface area contributed by atoms with Gasteiger partial charge in [-0.1, -0.05) is 30.3 Å². The summed E-state index contributed by atoms with van der Waals surface area (Å²) in [5, 5.41) is 3.40. The first-order valence-corrected chi connectivity index (χ1v) is 8.36. The molecule has 0 aliphatic carbocycles. The number of likely N-dealkylation sites (N-methyl/N-ethyl adjacent to an activating group) is 1. The molecule has 0 radical (unpaired) electrons.